The lowest BCUT2D eigenvalue weighted by Crippen LogP contribution is -1.97. The van der Waals surface area contributed by atoms with Gasteiger partial charge < -0.3 is 10.5 Å². The Morgan fingerprint density at radius 3 is 2.59 bits per heavy atom. The van der Waals surface area contributed by atoms with E-state index >= 15 is 0 Å². The lowest BCUT2D eigenvalue weighted by molar-refractivity contribution is 0.416. The summed E-state index contributed by atoms with van der Waals surface area (Å²) in [6, 6.07) is 10.7. The molecule has 2 rings (SSSR count). The van der Waals surface area contributed by atoms with Crippen LogP contribution in [0.2, 0.25) is 0 Å². The van der Waals surface area contributed by atoms with Crippen LogP contribution in [0.3, 0.4) is 0 Å². The molecule has 2 N–H and O–H groups in total. The molecule has 0 atom stereocenters. The molecule has 4 heteroatoms. The van der Waals surface area contributed by atoms with E-state index in [1.807, 2.05) is 6.07 Å². The van der Waals surface area contributed by atoms with E-state index in [-0.39, 0.29) is 5.75 Å². The first-order chi connectivity index (χ1) is 8.20. The Hall–Kier alpha value is -1.94. The van der Waals surface area contributed by atoms with Gasteiger partial charge in [0.25, 0.3) is 0 Å². The van der Waals surface area contributed by atoms with E-state index in [4.69, 9.17) is 10.5 Å². The predicted molar refractivity (Wildman–Crippen MR) is 60.8 cm³/mol. The molecule has 2 aromatic rings. The molecule has 0 bridgehead atoms. The summed E-state index contributed by atoms with van der Waals surface area (Å²) in [4.78, 5) is 0. The van der Waals surface area contributed by atoms with E-state index in [0.29, 0.717) is 12.3 Å². The highest BCUT2D eigenvalue weighted by Gasteiger charge is 2.09. The summed E-state index contributed by atoms with van der Waals surface area (Å²) in [6.45, 7) is 0.364. The minimum Gasteiger partial charge on any atom is -0.454 e. The molecular formula is C13H11F2NO. The van der Waals surface area contributed by atoms with Gasteiger partial charge in [0.15, 0.2) is 11.6 Å². The Morgan fingerprint density at radius 1 is 1.06 bits per heavy atom. The minimum atomic E-state index is -0.995. The maximum Gasteiger partial charge on any atom is 0.201 e. The zero-order valence-electron chi connectivity index (χ0n) is 8.99. The zero-order valence-corrected chi connectivity index (χ0v) is 8.99. The van der Waals surface area contributed by atoms with Gasteiger partial charge in [0, 0.05) is 6.54 Å². The fourth-order valence-corrected chi connectivity index (χ4v) is 1.43. The van der Waals surface area contributed by atoms with E-state index in [1.54, 1.807) is 18.2 Å². The molecule has 0 fully saturated rings. The highest BCUT2D eigenvalue weighted by Crippen LogP contribution is 2.26. The molecule has 2 nitrogen and oxygen atoms in total. The monoisotopic (exact) mass is 235 g/mol. The van der Waals surface area contributed by atoms with Crippen LogP contribution in [0.25, 0.3) is 0 Å². The zero-order chi connectivity index (χ0) is 12.3. The number of rotatable bonds is 3. The Balaban J connectivity index is 2.28. The van der Waals surface area contributed by atoms with Crippen molar-refractivity contribution in [2.45, 2.75) is 6.54 Å². The van der Waals surface area contributed by atoms with Gasteiger partial charge in [-0.05, 0) is 29.8 Å². The van der Waals surface area contributed by atoms with E-state index in [9.17, 15) is 8.78 Å². The van der Waals surface area contributed by atoms with Crippen molar-refractivity contribution in [3.63, 3.8) is 0 Å². The third-order valence-corrected chi connectivity index (χ3v) is 2.28. The summed E-state index contributed by atoms with van der Waals surface area (Å²) in [5.41, 5.74) is 6.34. The van der Waals surface area contributed by atoms with Crippen molar-refractivity contribution in [1.29, 1.82) is 0 Å². The fraction of sp³-hybridized carbons (Fsp3) is 0.0769. The number of halogens is 2. The van der Waals surface area contributed by atoms with Gasteiger partial charge in [-0.15, -0.1) is 0 Å². The maximum atomic E-state index is 13.3. The normalized spacial score (nSPS) is 10.3. The summed E-state index contributed by atoms with van der Waals surface area (Å²) in [7, 11) is 0. The smallest absolute Gasteiger partial charge is 0.201 e. The molecule has 0 aliphatic carbocycles. The number of hydrogen-bond donors (Lipinski definition) is 1. The van der Waals surface area contributed by atoms with Gasteiger partial charge >= 0.3 is 0 Å². The van der Waals surface area contributed by atoms with Crippen molar-refractivity contribution >= 4 is 0 Å². The fourth-order valence-electron chi connectivity index (χ4n) is 1.43. The van der Waals surface area contributed by atoms with Crippen LogP contribution in [0.4, 0.5) is 8.78 Å². The molecule has 0 saturated carbocycles. The van der Waals surface area contributed by atoms with Crippen LogP contribution in [0.1, 0.15) is 5.56 Å². The van der Waals surface area contributed by atoms with Crippen LogP contribution in [0, 0.1) is 11.6 Å². The molecule has 0 amide bonds. The summed E-state index contributed by atoms with van der Waals surface area (Å²) >= 11 is 0. The van der Waals surface area contributed by atoms with E-state index in [0.717, 1.165) is 11.6 Å². The molecule has 88 valence electrons. The molecular weight excluding hydrogens is 224 g/mol. The maximum absolute atomic E-state index is 13.3. The van der Waals surface area contributed by atoms with Crippen molar-refractivity contribution < 1.29 is 13.5 Å². The first-order valence-electron chi connectivity index (χ1n) is 5.11. The van der Waals surface area contributed by atoms with Gasteiger partial charge in [0.1, 0.15) is 5.75 Å². The van der Waals surface area contributed by atoms with Crippen molar-refractivity contribution in [3.8, 4) is 11.5 Å². The number of benzene rings is 2. The molecule has 0 unspecified atom stereocenters. The first kappa shape index (κ1) is 11.5. The minimum absolute atomic E-state index is 0.140. The highest BCUT2D eigenvalue weighted by molar-refractivity contribution is 5.34. The molecule has 17 heavy (non-hydrogen) atoms. The topological polar surface area (TPSA) is 35.2 Å². The van der Waals surface area contributed by atoms with Crippen molar-refractivity contribution in [2.75, 3.05) is 0 Å². The molecule has 0 aliphatic rings. The standard InChI is InChI=1S/C13H11F2NO/c14-11-5-2-6-12(13(11)15)17-10-4-1-3-9(7-10)8-16/h1-7H,8,16H2. The number of ether oxygens (including phenoxy) is 1. The van der Waals surface area contributed by atoms with Crippen LogP contribution >= 0.6 is 0 Å². The summed E-state index contributed by atoms with van der Waals surface area (Å²) in [6.07, 6.45) is 0. The van der Waals surface area contributed by atoms with Gasteiger partial charge in [-0.3, -0.25) is 0 Å². The Labute approximate surface area is 97.6 Å². The molecule has 0 spiro atoms. The van der Waals surface area contributed by atoms with Crippen LogP contribution < -0.4 is 10.5 Å². The molecule has 0 aromatic heterocycles. The summed E-state index contributed by atoms with van der Waals surface area (Å²) in [5.74, 6) is -1.64. The largest absolute Gasteiger partial charge is 0.454 e. The van der Waals surface area contributed by atoms with Crippen molar-refractivity contribution in [2.24, 2.45) is 5.73 Å². The van der Waals surface area contributed by atoms with E-state index in [1.165, 1.54) is 12.1 Å². The van der Waals surface area contributed by atoms with Crippen LogP contribution in [0.15, 0.2) is 42.5 Å². The van der Waals surface area contributed by atoms with Crippen LogP contribution in [-0.2, 0) is 6.54 Å². The predicted octanol–water partition coefficient (Wildman–Crippen LogP) is 3.22. The highest BCUT2D eigenvalue weighted by atomic mass is 19.2. The lowest BCUT2D eigenvalue weighted by Gasteiger charge is -2.08. The van der Waals surface area contributed by atoms with Crippen LogP contribution in [-0.4, -0.2) is 0 Å². The lowest BCUT2D eigenvalue weighted by atomic mass is 10.2. The average Bonchev–Trinajstić information content (AvgIpc) is 2.35. The van der Waals surface area contributed by atoms with Gasteiger partial charge in [0.2, 0.25) is 5.82 Å². The van der Waals surface area contributed by atoms with Gasteiger partial charge in [-0.1, -0.05) is 18.2 Å². The van der Waals surface area contributed by atoms with Gasteiger partial charge in [-0.2, -0.15) is 4.39 Å². The number of hydrogen-bond acceptors (Lipinski definition) is 2. The Kier molecular flexibility index (Phi) is 3.35. The van der Waals surface area contributed by atoms with Crippen molar-refractivity contribution in [1.82, 2.24) is 0 Å². The average molecular weight is 235 g/mol. The number of nitrogens with two attached hydrogens (primary N) is 1. The Morgan fingerprint density at radius 2 is 1.82 bits per heavy atom. The second kappa shape index (κ2) is 4.93. The SMILES string of the molecule is NCc1cccc(Oc2cccc(F)c2F)c1. The third kappa shape index (κ3) is 2.60. The van der Waals surface area contributed by atoms with E-state index < -0.39 is 11.6 Å². The Bertz CT molecular complexity index is 529. The molecule has 2 aromatic carbocycles. The van der Waals surface area contributed by atoms with Crippen LogP contribution in [0.5, 0.6) is 11.5 Å². The van der Waals surface area contributed by atoms with E-state index in [2.05, 4.69) is 0 Å². The summed E-state index contributed by atoms with van der Waals surface area (Å²) in [5, 5.41) is 0. The molecule has 0 heterocycles. The van der Waals surface area contributed by atoms with Gasteiger partial charge in [-0.25, -0.2) is 4.39 Å². The molecule has 0 saturated heterocycles. The van der Waals surface area contributed by atoms with Crippen molar-refractivity contribution in [3.05, 3.63) is 59.7 Å². The second-order valence-electron chi connectivity index (χ2n) is 3.51. The quantitative estimate of drug-likeness (QED) is 0.886. The first-order valence-corrected chi connectivity index (χ1v) is 5.11. The third-order valence-electron chi connectivity index (χ3n) is 2.28. The second-order valence-corrected chi connectivity index (χ2v) is 3.51. The summed E-state index contributed by atoms with van der Waals surface area (Å²) < 4.78 is 31.6. The van der Waals surface area contributed by atoms with Gasteiger partial charge in [0.05, 0.1) is 0 Å². The molecule has 0 radical (unpaired) electrons. The molecule has 0 aliphatic heterocycles.